The lowest BCUT2D eigenvalue weighted by Crippen LogP contribution is -2.28. The quantitative estimate of drug-likeness (QED) is 0.845. The fraction of sp³-hybridized carbons (Fsp3) is 0.600. The van der Waals surface area contributed by atoms with E-state index in [9.17, 15) is 0 Å². The summed E-state index contributed by atoms with van der Waals surface area (Å²) in [6.07, 6.45) is 4.19. The van der Waals surface area contributed by atoms with Crippen LogP contribution in [0.15, 0.2) is 18.2 Å². The highest BCUT2D eigenvalue weighted by atomic mass is 35.5. The van der Waals surface area contributed by atoms with Crippen molar-refractivity contribution in [2.45, 2.75) is 32.2 Å². The second-order valence-corrected chi connectivity index (χ2v) is 6.53. The molecule has 0 heterocycles. The van der Waals surface area contributed by atoms with E-state index in [1.54, 1.807) is 0 Å². The molecule has 0 spiro atoms. The van der Waals surface area contributed by atoms with Crippen LogP contribution in [0.1, 0.15) is 37.8 Å². The molecule has 98 valence electrons. The summed E-state index contributed by atoms with van der Waals surface area (Å²) in [6, 6.07) is 6.29. The average Bonchev–Trinajstić information content (AvgIpc) is 2.94. The van der Waals surface area contributed by atoms with Gasteiger partial charge in [-0.15, -0.1) is 0 Å². The summed E-state index contributed by atoms with van der Waals surface area (Å²) in [7, 11) is 0. The van der Waals surface area contributed by atoms with E-state index in [0.717, 1.165) is 29.3 Å². The van der Waals surface area contributed by atoms with Crippen LogP contribution in [-0.4, -0.2) is 6.54 Å². The zero-order valence-corrected chi connectivity index (χ0v) is 12.1. The largest absolute Gasteiger partial charge is 0.310 e. The van der Waals surface area contributed by atoms with Crippen molar-refractivity contribution in [1.82, 2.24) is 5.32 Å². The molecule has 0 saturated heterocycles. The third-order valence-corrected chi connectivity index (χ3v) is 5.04. The number of halogens is 2. The molecular weight excluding hydrogens is 265 g/mol. The van der Waals surface area contributed by atoms with Crippen molar-refractivity contribution in [3.05, 3.63) is 33.8 Å². The van der Waals surface area contributed by atoms with Gasteiger partial charge in [0.2, 0.25) is 0 Å². The number of rotatable bonds is 4. The molecule has 0 bridgehead atoms. The molecule has 18 heavy (non-hydrogen) atoms. The Hall–Kier alpha value is -0.240. The van der Waals surface area contributed by atoms with E-state index in [2.05, 4.69) is 18.3 Å². The van der Waals surface area contributed by atoms with Crippen LogP contribution < -0.4 is 5.32 Å². The Kier molecular flexibility index (Phi) is 3.57. The number of hydrogen-bond donors (Lipinski definition) is 1. The molecule has 1 nitrogen and oxygen atoms in total. The van der Waals surface area contributed by atoms with Crippen molar-refractivity contribution >= 4 is 23.2 Å². The summed E-state index contributed by atoms with van der Waals surface area (Å²) in [5, 5.41) is 5.13. The Balaban J connectivity index is 1.83. The van der Waals surface area contributed by atoms with Crippen LogP contribution in [0.25, 0.3) is 0 Å². The highest BCUT2D eigenvalue weighted by Crippen LogP contribution is 2.57. The molecule has 2 aliphatic carbocycles. The second kappa shape index (κ2) is 5.03. The molecule has 2 aliphatic rings. The van der Waals surface area contributed by atoms with E-state index in [1.165, 1.54) is 24.8 Å². The predicted octanol–water partition coefficient (Wildman–Crippen LogP) is 4.69. The van der Waals surface area contributed by atoms with Crippen LogP contribution >= 0.6 is 23.2 Å². The van der Waals surface area contributed by atoms with Gasteiger partial charge < -0.3 is 5.32 Å². The Bertz CT molecular complexity index is 436. The smallest absolute Gasteiger partial charge is 0.0468 e. The van der Waals surface area contributed by atoms with E-state index in [1.807, 2.05) is 12.1 Å². The van der Waals surface area contributed by atoms with Crippen LogP contribution in [-0.2, 0) is 0 Å². The lowest BCUT2D eigenvalue weighted by atomic mass is 9.89. The summed E-state index contributed by atoms with van der Waals surface area (Å²) >= 11 is 12.3. The Morgan fingerprint density at radius 1 is 1.22 bits per heavy atom. The number of fused-ring (bicyclic) bond motifs is 1. The molecule has 0 aliphatic heterocycles. The molecular formula is C15H19Cl2N. The zero-order valence-electron chi connectivity index (χ0n) is 10.6. The Morgan fingerprint density at radius 3 is 2.56 bits per heavy atom. The maximum atomic E-state index is 6.36. The van der Waals surface area contributed by atoms with Gasteiger partial charge in [0.1, 0.15) is 0 Å². The maximum absolute atomic E-state index is 6.36. The van der Waals surface area contributed by atoms with E-state index >= 15 is 0 Å². The molecule has 1 aromatic carbocycles. The predicted molar refractivity (Wildman–Crippen MR) is 77.2 cm³/mol. The third kappa shape index (κ3) is 2.41. The van der Waals surface area contributed by atoms with E-state index < -0.39 is 0 Å². The van der Waals surface area contributed by atoms with Crippen molar-refractivity contribution < 1.29 is 0 Å². The molecule has 3 atom stereocenters. The first-order valence-corrected chi connectivity index (χ1v) is 7.63. The van der Waals surface area contributed by atoms with Crippen LogP contribution in [0.2, 0.25) is 10.0 Å². The Morgan fingerprint density at radius 2 is 1.94 bits per heavy atom. The molecule has 0 amide bonds. The summed E-state index contributed by atoms with van der Waals surface area (Å²) in [5.41, 5.74) is 1.22. The standard InChI is InChI=1S/C15H19Cl2N/c1-2-18-15(11-6-9-5-10(9)7-11)13-4-3-12(16)8-14(13)17/h3-4,8-11,15,18H,2,5-7H2,1H3. The SMILES string of the molecule is CCNC(c1ccc(Cl)cc1Cl)C1CC2CC2C1. The van der Waals surface area contributed by atoms with Crippen molar-refractivity contribution in [3.63, 3.8) is 0 Å². The van der Waals surface area contributed by atoms with E-state index in [4.69, 9.17) is 23.2 Å². The van der Waals surface area contributed by atoms with E-state index in [-0.39, 0.29) is 0 Å². The second-order valence-electron chi connectivity index (χ2n) is 5.69. The molecule has 1 N–H and O–H groups in total. The van der Waals surface area contributed by atoms with Gasteiger partial charge >= 0.3 is 0 Å². The van der Waals surface area contributed by atoms with E-state index in [0.29, 0.717) is 11.1 Å². The molecule has 3 unspecified atom stereocenters. The summed E-state index contributed by atoms with van der Waals surface area (Å²) in [4.78, 5) is 0. The first kappa shape index (κ1) is 12.8. The maximum Gasteiger partial charge on any atom is 0.0468 e. The van der Waals surface area contributed by atoms with Crippen molar-refractivity contribution in [2.75, 3.05) is 6.54 Å². The van der Waals surface area contributed by atoms with Gasteiger partial charge in [-0.2, -0.15) is 0 Å². The first-order chi connectivity index (χ1) is 8.69. The molecule has 2 fully saturated rings. The number of hydrogen-bond acceptors (Lipinski definition) is 1. The molecule has 3 heteroatoms. The van der Waals surface area contributed by atoms with Gasteiger partial charge in [0.15, 0.2) is 0 Å². The number of nitrogens with one attached hydrogen (secondary N) is 1. The minimum atomic E-state index is 0.396. The fourth-order valence-electron chi connectivity index (χ4n) is 3.54. The summed E-state index contributed by atoms with van der Waals surface area (Å²) < 4.78 is 0. The summed E-state index contributed by atoms with van der Waals surface area (Å²) in [6.45, 7) is 3.14. The normalized spacial score (nSPS) is 31.2. The zero-order chi connectivity index (χ0) is 12.7. The van der Waals surface area contributed by atoms with Gasteiger partial charge in [-0.25, -0.2) is 0 Å². The monoisotopic (exact) mass is 283 g/mol. The van der Waals surface area contributed by atoms with Gasteiger partial charge in [-0.05, 0) is 61.3 Å². The van der Waals surface area contributed by atoms with Crippen LogP contribution in [0, 0.1) is 17.8 Å². The van der Waals surface area contributed by atoms with Gasteiger partial charge in [0.25, 0.3) is 0 Å². The minimum Gasteiger partial charge on any atom is -0.310 e. The minimum absolute atomic E-state index is 0.396. The lowest BCUT2D eigenvalue weighted by molar-refractivity contribution is 0.347. The van der Waals surface area contributed by atoms with Gasteiger partial charge in [-0.3, -0.25) is 0 Å². The highest BCUT2D eigenvalue weighted by molar-refractivity contribution is 6.35. The molecule has 0 radical (unpaired) electrons. The third-order valence-electron chi connectivity index (χ3n) is 4.47. The molecule has 3 rings (SSSR count). The van der Waals surface area contributed by atoms with Crippen molar-refractivity contribution in [3.8, 4) is 0 Å². The average molecular weight is 284 g/mol. The molecule has 2 saturated carbocycles. The van der Waals surface area contributed by atoms with Crippen LogP contribution in [0.5, 0.6) is 0 Å². The molecule has 1 aromatic rings. The fourth-order valence-corrected chi connectivity index (χ4v) is 4.06. The summed E-state index contributed by atoms with van der Waals surface area (Å²) in [5.74, 6) is 2.75. The molecule has 0 aromatic heterocycles. The van der Waals surface area contributed by atoms with Gasteiger partial charge in [0, 0.05) is 16.1 Å². The first-order valence-electron chi connectivity index (χ1n) is 6.87. The van der Waals surface area contributed by atoms with Crippen molar-refractivity contribution in [1.29, 1.82) is 0 Å². The van der Waals surface area contributed by atoms with Crippen LogP contribution in [0.4, 0.5) is 0 Å². The number of benzene rings is 1. The lowest BCUT2D eigenvalue weighted by Gasteiger charge is -2.27. The van der Waals surface area contributed by atoms with Crippen molar-refractivity contribution in [2.24, 2.45) is 17.8 Å². The topological polar surface area (TPSA) is 12.0 Å². The Labute approximate surface area is 119 Å². The van der Waals surface area contributed by atoms with Crippen LogP contribution in [0.3, 0.4) is 0 Å². The van der Waals surface area contributed by atoms with Gasteiger partial charge in [0.05, 0.1) is 0 Å². The highest BCUT2D eigenvalue weighted by Gasteiger charge is 2.48. The van der Waals surface area contributed by atoms with Gasteiger partial charge in [-0.1, -0.05) is 36.2 Å².